The molecule has 1 heterocycles. The standard InChI is InChI=1S/C23H24Cl2N4O4/c1-32-18-4-2-3-16(10-18)27-23(31)29-12-17(11-21(29)22(30)26-15-6-7-15)28-33-13-14-5-8-19(24)20(25)9-14/h2-5,8-10,15,21H,6-7,11-13H2,1H3,(H,26,30)(H,27,31)/b28-17-/t21-/m0/s1. The summed E-state index contributed by atoms with van der Waals surface area (Å²) < 4.78 is 5.20. The van der Waals surface area contributed by atoms with E-state index in [4.69, 9.17) is 32.8 Å². The van der Waals surface area contributed by atoms with Crippen molar-refractivity contribution < 1.29 is 19.2 Å². The molecule has 2 aromatic rings. The van der Waals surface area contributed by atoms with Gasteiger partial charge in [-0.05, 0) is 42.7 Å². The van der Waals surface area contributed by atoms with E-state index in [0.717, 1.165) is 18.4 Å². The lowest BCUT2D eigenvalue weighted by Crippen LogP contribution is -2.48. The molecule has 2 fully saturated rings. The third kappa shape index (κ3) is 6.09. The third-order valence-corrected chi connectivity index (χ3v) is 6.11. The van der Waals surface area contributed by atoms with Crippen LogP contribution in [0, 0.1) is 0 Å². The summed E-state index contributed by atoms with van der Waals surface area (Å²) in [5.74, 6) is 0.433. The normalized spacial score (nSPS) is 18.8. The number of halogens is 2. The summed E-state index contributed by atoms with van der Waals surface area (Å²) >= 11 is 12.0. The molecule has 1 aliphatic heterocycles. The van der Waals surface area contributed by atoms with E-state index in [1.54, 1.807) is 49.6 Å². The first-order valence-electron chi connectivity index (χ1n) is 10.6. The summed E-state index contributed by atoms with van der Waals surface area (Å²) in [5.41, 5.74) is 1.98. The molecule has 1 saturated carbocycles. The number of hydrogen-bond acceptors (Lipinski definition) is 5. The van der Waals surface area contributed by atoms with E-state index in [2.05, 4.69) is 15.8 Å². The number of carbonyl (C=O) groups is 2. The first-order chi connectivity index (χ1) is 15.9. The van der Waals surface area contributed by atoms with E-state index in [9.17, 15) is 9.59 Å². The summed E-state index contributed by atoms with van der Waals surface area (Å²) in [6.07, 6.45) is 2.22. The quantitative estimate of drug-likeness (QED) is 0.560. The Morgan fingerprint density at radius 2 is 1.97 bits per heavy atom. The summed E-state index contributed by atoms with van der Waals surface area (Å²) in [6, 6.07) is 11.3. The maximum absolute atomic E-state index is 13.0. The Kier molecular flexibility index (Phi) is 7.25. The number of carbonyl (C=O) groups excluding carboxylic acids is 2. The van der Waals surface area contributed by atoms with Crippen molar-refractivity contribution in [3.05, 3.63) is 58.1 Å². The zero-order chi connectivity index (χ0) is 23.4. The number of amides is 3. The lowest BCUT2D eigenvalue weighted by molar-refractivity contribution is -0.124. The highest BCUT2D eigenvalue weighted by atomic mass is 35.5. The molecule has 0 aromatic heterocycles. The van der Waals surface area contributed by atoms with Gasteiger partial charge >= 0.3 is 6.03 Å². The number of nitrogens with zero attached hydrogens (tertiary/aromatic N) is 2. The Morgan fingerprint density at radius 1 is 1.15 bits per heavy atom. The molecular weight excluding hydrogens is 467 g/mol. The largest absolute Gasteiger partial charge is 0.497 e. The van der Waals surface area contributed by atoms with Gasteiger partial charge < -0.3 is 25.1 Å². The Labute approximate surface area is 201 Å². The zero-order valence-corrected chi connectivity index (χ0v) is 19.5. The number of anilines is 1. The van der Waals surface area contributed by atoms with Crippen molar-refractivity contribution in [2.75, 3.05) is 19.0 Å². The summed E-state index contributed by atoms with van der Waals surface area (Å²) in [4.78, 5) is 32.8. The smallest absolute Gasteiger partial charge is 0.322 e. The lowest BCUT2D eigenvalue weighted by Gasteiger charge is -2.23. The van der Waals surface area contributed by atoms with Crippen molar-refractivity contribution in [2.45, 2.75) is 38.0 Å². The molecule has 1 atom stereocenters. The molecule has 1 aliphatic carbocycles. The van der Waals surface area contributed by atoms with Crippen LogP contribution in [0.25, 0.3) is 0 Å². The predicted octanol–water partition coefficient (Wildman–Crippen LogP) is 4.46. The minimum absolute atomic E-state index is 0.180. The van der Waals surface area contributed by atoms with Gasteiger partial charge in [-0.1, -0.05) is 40.5 Å². The highest BCUT2D eigenvalue weighted by Crippen LogP contribution is 2.25. The number of hydrogen-bond donors (Lipinski definition) is 2. The van der Waals surface area contributed by atoms with E-state index in [1.165, 1.54) is 4.90 Å². The Balaban J connectivity index is 1.43. The van der Waals surface area contributed by atoms with Crippen molar-refractivity contribution in [1.29, 1.82) is 0 Å². The minimum atomic E-state index is -0.663. The summed E-state index contributed by atoms with van der Waals surface area (Å²) in [5, 5.41) is 10.9. The third-order valence-electron chi connectivity index (χ3n) is 5.38. The monoisotopic (exact) mass is 490 g/mol. The highest BCUT2D eigenvalue weighted by molar-refractivity contribution is 6.42. The summed E-state index contributed by atoms with van der Waals surface area (Å²) in [6.45, 7) is 0.370. The number of ether oxygens (including phenoxy) is 1. The maximum atomic E-state index is 13.0. The Hall–Kier alpha value is -2.97. The van der Waals surface area contributed by atoms with Crippen LogP contribution in [0.1, 0.15) is 24.8 Å². The number of nitrogens with one attached hydrogen (secondary N) is 2. The Bertz CT molecular complexity index is 1070. The van der Waals surface area contributed by atoms with Gasteiger partial charge in [0.15, 0.2) is 0 Å². The molecule has 0 unspecified atom stereocenters. The van der Waals surface area contributed by atoms with E-state index < -0.39 is 12.1 Å². The molecule has 2 aromatic carbocycles. The van der Waals surface area contributed by atoms with Crippen LogP contribution in [-0.2, 0) is 16.2 Å². The molecular formula is C23H24Cl2N4O4. The highest BCUT2D eigenvalue weighted by Gasteiger charge is 2.40. The molecule has 3 amide bonds. The number of methoxy groups -OCH3 is 1. The summed E-state index contributed by atoms with van der Waals surface area (Å²) in [7, 11) is 1.56. The maximum Gasteiger partial charge on any atom is 0.322 e. The molecule has 33 heavy (non-hydrogen) atoms. The number of rotatable bonds is 7. The van der Waals surface area contributed by atoms with Crippen molar-refractivity contribution in [3.63, 3.8) is 0 Å². The van der Waals surface area contributed by atoms with Crippen molar-refractivity contribution >= 4 is 46.5 Å². The number of urea groups is 1. The van der Waals surface area contributed by atoms with Crippen LogP contribution in [-0.4, -0.2) is 48.3 Å². The van der Waals surface area contributed by atoms with Crippen molar-refractivity contribution in [2.24, 2.45) is 5.16 Å². The molecule has 0 spiro atoms. The second-order valence-corrected chi connectivity index (χ2v) is 8.79. The van der Waals surface area contributed by atoms with Crippen LogP contribution in [0.3, 0.4) is 0 Å². The van der Waals surface area contributed by atoms with Crippen LogP contribution in [0.5, 0.6) is 5.75 Å². The number of likely N-dealkylation sites (tertiary alicyclic amines) is 1. The van der Waals surface area contributed by atoms with Gasteiger partial charge in [0, 0.05) is 24.2 Å². The molecule has 1 saturated heterocycles. The molecule has 2 N–H and O–H groups in total. The van der Waals surface area contributed by atoms with Crippen LogP contribution in [0.2, 0.25) is 10.0 Å². The van der Waals surface area contributed by atoms with Crippen molar-refractivity contribution in [1.82, 2.24) is 10.2 Å². The van der Waals surface area contributed by atoms with Gasteiger partial charge in [-0.25, -0.2) is 4.79 Å². The van der Waals surface area contributed by atoms with Gasteiger partial charge in [-0.2, -0.15) is 0 Å². The molecule has 2 aliphatic rings. The molecule has 8 nitrogen and oxygen atoms in total. The van der Waals surface area contributed by atoms with Gasteiger partial charge in [0.25, 0.3) is 0 Å². The van der Waals surface area contributed by atoms with Crippen LogP contribution >= 0.6 is 23.2 Å². The number of oxime groups is 1. The first kappa shape index (κ1) is 23.2. The molecule has 4 rings (SSSR count). The van der Waals surface area contributed by atoms with Crippen molar-refractivity contribution in [3.8, 4) is 5.75 Å². The van der Waals surface area contributed by atoms with Gasteiger partial charge in [-0.3, -0.25) is 4.79 Å². The molecule has 0 radical (unpaired) electrons. The average Bonchev–Trinajstić information content (AvgIpc) is 3.51. The SMILES string of the molecule is COc1cccc(NC(=O)N2C/C(=N\OCc3ccc(Cl)c(Cl)c3)C[C@H]2C(=O)NC2CC2)c1. The van der Waals surface area contributed by atoms with Crippen LogP contribution < -0.4 is 15.4 Å². The van der Waals surface area contributed by atoms with Crippen LogP contribution in [0.4, 0.5) is 10.5 Å². The van der Waals surface area contributed by atoms with Gasteiger partial charge in [0.1, 0.15) is 18.4 Å². The predicted molar refractivity (Wildman–Crippen MR) is 127 cm³/mol. The topological polar surface area (TPSA) is 92.3 Å². The van der Waals surface area contributed by atoms with Gasteiger partial charge in [-0.15, -0.1) is 0 Å². The zero-order valence-electron chi connectivity index (χ0n) is 18.0. The second kappa shape index (κ2) is 10.3. The fourth-order valence-electron chi connectivity index (χ4n) is 3.47. The van der Waals surface area contributed by atoms with E-state index >= 15 is 0 Å². The molecule has 0 bridgehead atoms. The Morgan fingerprint density at radius 3 is 2.70 bits per heavy atom. The fraction of sp³-hybridized carbons (Fsp3) is 0.348. The molecule has 174 valence electrons. The van der Waals surface area contributed by atoms with Gasteiger partial charge in [0.05, 0.1) is 29.4 Å². The van der Waals surface area contributed by atoms with Gasteiger partial charge in [0.2, 0.25) is 5.91 Å². The number of benzene rings is 2. The van der Waals surface area contributed by atoms with Crippen LogP contribution in [0.15, 0.2) is 47.6 Å². The minimum Gasteiger partial charge on any atom is -0.497 e. The average molecular weight is 491 g/mol. The van der Waals surface area contributed by atoms with E-state index in [-0.39, 0.29) is 25.1 Å². The fourth-order valence-corrected chi connectivity index (χ4v) is 3.79. The first-order valence-corrected chi connectivity index (χ1v) is 11.3. The van der Waals surface area contributed by atoms with E-state index in [1.807, 2.05) is 0 Å². The lowest BCUT2D eigenvalue weighted by atomic mass is 10.2. The van der Waals surface area contributed by atoms with E-state index in [0.29, 0.717) is 33.6 Å². The molecule has 10 heteroatoms. The second-order valence-electron chi connectivity index (χ2n) is 7.97.